The van der Waals surface area contributed by atoms with Gasteiger partial charge < -0.3 is 0 Å². The minimum atomic E-state index is 0.788. The summed E-state index contributed by atoms with van der Waals surface area (Å²) >= 11 is 6.07. The van der Waals surface area contributed by atoms with E-state index in [2.05, 4.69) is 31.2 Å². The second kappa shape index (κ2) is 7.40. The van der Waals surface area contributed by atoms with E-state index in [-0.39, 0.29) is 0 Å². The molecule has 1 aromatic carbocycles. The van der Waals surface area contributed by atoms with Gasteiger partial charge in [-0.1, -0.05) is 49.9 Å². The second-order valence-corrected chi connectivity index (χ2v) is 9.39. The van der Waals surface area contributed by atoms with Gasteiger partial charge in [0.15, 0.2) is 0 Å². The molecule has 0 nitrogen and oxygen atoms in total. The average molecular weight is 345 g/mol. The number of hydrogen-bond acceptors (Lipinski definition) is 0. The SMILES string of the molecule is CCC[C@@H]1CC[C@H]2[C@H](CC[C@H]3CC(c4ccc(Cl)cc4)CC[C@@H]32)C1. The van der Waals surface area contributed by atoms with Crippen molar-refractivity contribution in [3.05, 3.63) is 34.9 Å². The van der Waals surface area contributed by atoms with Gasteiger partial charge in [-0.05, 0) is 98.1 Å². The van der Waals surface area contributed by atoms with E-state index < -0.39 is 0 Å². The molecule has 0 saturated heterocycles. The van der Waals surface area contributed by atoms with Crippen LogP contribution in [0, 0.1) is 29.6 Å². The van der Waals surface area contributed by atoms with Crippen molar-refractivity contribution in [1.29, 1.82) is 0 Å². The van der Waals surface area contributed by atoms with Crippen LogP contribution in [0.15, 0.2) is 24.3 Å². The molecule has 0 spiro atoms. The van der Waals surface area contributed by atoms with E-state index in [1.54, 1.807) is 12.8 Å². The van der Waals surface area contributed by atoms with E-state index in [4.69, 9.17) is 11.6 Å². The van der Waals surface area contributed by atoms with Crippen LogP contribution in [0.4, 0.5) is 0 Å². The van der Waals surface area contributed by atoms with E-state index in [1.807, 2.05) is 0 Å². The first-order valence-electron chi connectivity index (χ1n) is 10.5. The number of benzene rings is 1. The van der Waals surface area contributed by atoms with Crippen molar-refractivity contribution in [2.24, 2.45) is 29.6 Å². The summed E-state index contributed by atoms with van der Waals surface area (Å²) in [6.45, 7) is 2.36. The highest BCUT2D eigenvalue weighted by molar-refractivity contribution is 6.30. The van der Waals surface area contributed by atoms with Crippen molar-refractivity contribution in [2.75, 3.05) is 0 Å². The van der Waals surface area contributed by atoms with Gasteiger partial charge >= 0.3 is 0 Å². The molecule has 6 atom stereocenters. The van der Waals surface area contributed by atoms with Crippen molar-refractivity contribution < 1.29 is 0 Å². The summed E-state index contributed by atoms with van der Waals surface area (Å²) < 4.78 is 0. The maximum absolute atomic E-state index is 6.07. The highest BCUT2D eigenvalue weighted by atomic mass is 35.5. The largest absolute Gasteiger partial charge is 0.0843 e. The van der Waals surface area contributed by atoms with E-state index >= 15 is 0 Å². The van der Waals surface area contributed by atoms with Crippen molar-refractivity contribution >= 4 is 11.6 Å². The highest BCUT2D eigenvalue weighted by Gasteiger charge is 2.44. The minimum Gasteiger partial charge on any atom is -0.0843 e. The predicted molar refractivity (Wildman–Crippen MR) is 103 cm³/mol. The second-order valence-electron chi connectivity index (χ2n) is 8.95. The monoisotopic (exact) mass is 344 g/mol. The smallest absolute Gasteiger partial charge is 0.0406 e. The van der Waals surface area contributed by atoms with Gasteiger partial charge in [0, 0.05) is 5.02 Å². The summed E-state index contributed by atoms with van der Waals surface area (Å²) in [5.41, 5.74) is 1.53. The van der Waals surface area contributed by atoms with Crippen LogP contribution >= 0.6 is 11.6 Å². The van der Waals surface area contributed by atoms with Gasteiger partial charge in [-0.25, -0.2) is 0 Å². The predicted octanol–water partition coefficient (Wildman–Crippen LogP) is 7.47. The Hall–Kier alpha value is -0.490. The third-order valence-electron chi connectivity index (χ3n) is 7.69. The molecular formula is C23H33Cl. The van der Waals surface area contributed by atoms with Crippen molar-refractivity contribution in [1.82, 2.24) is 0 Å². The van der Waals surface area contributed by atoms with Crippen LogP contribution in [0.5, 0.6) is 0 Å². The topological polar surface area (TPSA) is 0 Å². The summed E-state index contributed by atoms with van der Waals surface area (Å²) in [6, 6.07) is 8.70. The Balaban J connectivity index is 1.40. The van der Waals surface area contributed by atoms with Crippen LogP contribution in [0.2, 0.25) is 5.02 Å². The molecule has 1 aromatic rings. The fourth-order valence-electron chi connectivity index (χ4n) is 6.60. The zero-order valence-corrected chi connectivity index (χ0v) is 16.0. The first-order chi connectivity index (χ1) is 11.7. The Morgan fingerprint density at radius 2 is 1.50 bits per heavy atom. The van der Waals surface area contributed by atoms with Gasteiger partial charge in [0.2, 0.25) is 0 Å². The lowest BCUT2D eigenvalue weighted by molar-refractivity contribution is 0.00543. The summed E-state index contributed by atoms with van der Waals surface area (Å²) in [7, 11) is 0. The molecule has 0 radical (unpaired) electrons. The molecule has 3 fully saturated rings. The molecule has 3 aliphatic carbocycles. The summed E-state index contributed by atoms with van der Waals surface area (Å²) in [4.78, 5) is 0. The van der Waals surface area contributed by atoms with Gasteiger partial charge in [0.05, 0.1) is 0 Å². The van der Waals surface area contributed by atoms with Crippen molar-refractivity contribution in [3.8, 4) is 0 Å². The van der Waals surface area contributed by atoms with E-state index in [1.165, 1.54) is 56.9 Å². The number of hydrogen-bond donors (Lipinski definition) is 0. The molecule has 0 aromatic heterocycles. The van der Waals surface area contributed by atoms with E-state index in [0.717, 1.165) is 40.5 Å². The van der Waals surface area contributed by atoms with Gasteiger partial charge in [-0.15, -0.1) is 0 Å². The Morgan fingerprint density at radius 3 is 2.21 bits per heavy atom. The normalized spacial score (nSPS) is 39.1. The number of rotatable bonds is 3. The van der Waals surface area contributed by atoms with Crippen molar-refractivity contribution in [3.63, 3.8) is 0 Å². The Kier molecular flexibility index (Phi) is 5.23. The standard InChI is InChI=1S/C23H33Cl/c1-2-3-16-4-12-22-19(14-16)5-6-20-15-18(9-13-23(20)22)17-7-10-21(24)11-8-17/h7-8,10-11,16,18-20,22-23H,2-6,9,12-15H2,1H3/t16-,18?,19-,20+,22+,23+/m1/s1. The lowest BCUT2D eigenvalue weighted by atomic mass is 9.55. The first-order valence-corrected chi connectivity index (χ1v) is 10.9. The third-order valence-corrected chi connectivity index (χ3v) is 7.94. The third kappa shape index (κ3) is 3.41. The summed E-state index contributed by atoms with van der Waals surface area (Å²) in [5.74, 6) is 6.04. The summed E-state index contributed by atoms with van der Waals surface area (Å²) in [5, 5.41) is 0.872. The molecule has 0 aliphatic heterocycles. The highest BCUT2D eigenvalue weighted by Crippen LogP contribution is 2.55. The zero-order chi connectivity index (χ0) is 16.5. The molecule has 0 bridgehead atoms. The molecular weight excluding hydrogens is 312 g/mol. The van der Waals surface area contributed by atoms with Crippen molar-refractivity contribution in [2.45, 2.75) is 77.0 Å². The van der Waals surface area contributed by atoms with Gasteiger partial charge in [-0.2, -0.15) is 0 Å². The molecule has 24 heavy (non-hydrogen) atoms. The lowest BCUT2D eigenvalue weighted by Crippen LogP contribution is -2.41. The quantitative estimate of drug-likeness (QED) is 0.533. The van der Waals surface area contributed by atoms with Gasteiger partial charge in [0.1, 0.15) is 0 Å². The molecule has 0 heterocycles. The maximum atomic E-state index is 6.07. The fourth-order valence-corrected chi connectivity index (χ4v) is 6.73. The maximum Gasteiger partial charge on any atom is 0.0406 e. The molecule has 132 valence electrons. The van der Waals surface area contributed by atoms with Crippen LogP contribution in [0.3, 0.4) is 0 Å². The van der Waals surface area contributed by atoms with Gasteiger partial charge in [0.25, 0.3) is 0 Å². The average Bonchev–Trinajstić information content (AvgIpc) is 2.62. The lowest BCUT2D eigenvalue weighted by Gasteiger charge is -2.51. The first kappa shape index (κ1) is 17.0. The number of fused-ring (bicyclic) bond motifs is 3. The van der Waals surface area contributed by atoms with Crippen LogP contribution in [-0.2, 0) is 0 Å². The molecule has 1 unspecified atom stereocenters. The molecule has 0 N–H and O–H groups in total. The van der Waals surface area contributed by atoms with E-state index in [0.29, 0.717) is 0 Å². The molecule has 4 rings (SSSR count). The Bertz CT molecular complexity index is 533. The Labute approximate surface area is 153 Å². The minimum absolute atomic E-state index is 0.788. The van der Waals surface area contributed by atoms with Crippen LogP contribution in [0.25, 0.3) is 0 Å². The zero-order valence-electron chi connectivity index (χ0n) is 15.2. The fraction of sp³-hybridized carbons (Fsp3) is 0.739. The van der Waals surface area contributed by atoms with Crippen LogP contribution in [0.1, 0.15) is 82.6 Å². The molecule has 3 aliphatic rings. The van der Waals surface area contributed by atoms with E-state index in [9.17, 15) is 0 Å². The summed E-state index contributed by atoms with van der Waals surface area (Å²) in [6.07, 6.45) is 14.9. The molecule has 3 saturated carbocycles. The van der Waals surface area contributed by atoms with Crippen LogP contribution < -0.4 is 0 Å². The van der Waals surface area contributed by atoms with Gasteiger partial charge in [-0.3, -0.25) is 0 Å². The number of halogens is 1. The molecule has 1 heteroatoms. The Morgan fingerprint density at radius 1 is 0.833 bits per heavy atom. The van der Waals surface area contributed by atoms with Crippen LogP contribution in [-0.4, -0.2) is 0 Å². The molecule has 0 amide bonds.